The summed E-state index contributed by atoms with van der Waals surface area (Å²) in [6, 6.07) is -0.0842. The Hall–Kier alpha value is -1.50. The molecule has 1 saturated heterocycles. The lowest BCUT2D eigenvalue weighted by Gasteiger charge is -2.11. The molecule has 0 aromatic heterocycles. The van der Waals surface area contributed by atoms with E-state index in [2.05, 4.69) is 15.8 Å². The maximum Gasteiger partial charge on any atom is 0.315 e. The number of nitrogens with two attached hydrogens (primary N) is 1. The summed E-state index contributed by atoms with van der Waals surface area (Å²) >= 11 is 0. The van der Waals surface area contributed by atoms with Crippen LogP contribution in [0.2, 0.25) is 0 Å². The average molecular weight is 230 g/mol. The highest BCUT2D eigenvalue weighted by atomic mass is 16.5. The predicted octanol–water partition coefficient (Wildman–Crippen LogP) is -0.399. The monoisotopic (exact) mass is 230 g/mol. The van der Waals surface area contributed by atoms with Crippen LogP contribution < -0.4 is 16.4 Å². The summed E-state index contributed by atoms with van der Waals surface area (Å²) in [6.07, 6.45) is 1.96. The number of urea groups is 1. The number of nitrogens with zero attached hydrogens (tertiary/aromatic N) is 1. The molecule has 92 valence electrons. The molecule has 5 N–H and O–H groups in total. The van der Waals surface area contributed by atoms with Gasteiger partial charge in [-0.2, -0.15) is 0 Å². The molecule has 0 aromatic carbocycles. The van der Waals surface area contributed by atoms with Gasteiger partial charge in [-0.3, -0.25) is 0 Å². The molecule has 7 nitrogen and oxygen atoms in total. The van der Waals surface area contributed by atoms with Crippen molar-refractivity contribution < 1.29 is 14.7 Å². The van der Waals surface area contributed by atoms with Gasteiger partial charge < -0.3 is 26.3 Å². The number of rotatable bonds is 5. The van der Waals surface area contributed by atoms with E-state index in [4.69, 9.17) is 15.7 Å². The molecule has 1 unspecified atom stereocenters. The zero-order chi connectivity index (χ0) is 11.8. The molecule has 1 rings (SSSR count). The van der Waals surface area contributed by atoms with Crippen molar-refractivity contribution in [2.75, 3.05) is 19.8 Å². The van der Waals surface area contributed by atoms with Gasteiger partial charge in [0.15, 0.2) is 0 Å². The number of carbonyl (C=O) groups is 1. The minimum absolute atomic E-state index is 0.115. The van der Waals surface area contributed by atoms with Crippen molar-refractivity contribution in [2.45, 2.75) is 25.3 Å². The number of ether oxygens (including phenoxy) is 1. The van der Waals surface area contributed by atoms with Gasteiger partial charge in [0.25, 0.3) is 0 Å². The third kappa shape index (κ3) is 4.83. The van der Waals surface area contributed by atoms with Crippen molar-refractivity contribution >= 4 is 11.9 Å². The SMILES string of the molecule is NC(CCCNC(=O)NC1CCOC1)=NO. The third-order valence-corrected chi connectivity index (χ3v) is 2.29. The number of amides is 2. The lowest BCUT2D eigenvalue weighted by molar-refractivity contribution is 0.188. The summed E-state index contributed by atoms with van der Waals surface area (Å²) in [5, 5.41) is 16.6. The van der Waals surface area contributed by atoms with Gasteiger partial charge in [0.05, 0.1) is 12.6 Å². The van der Waals surface area contributed by atoms with Crippen LogP contribution in [0.5, 0.6) is 0 Å². The summed E-state index contributed by atoms with van der Waals surface area (Å²) in [4.78, 5) is 11.3. The van der Waals surface area contributed by atoms with Crippen LogP contribution in [-0.2, 0) is 4.74 Å². The molecule has 0 spiro atoms. The topological polar surface area (TPSA) is 109 Å². The maximum absolute atomic E-state index is 11.3. The summed E-state index contributed by atoms with van der Waals surface area (Å²) in [7, 11) is 0. The summed E-state index contributed by atoms with van der Waals surface area (Å²) in [5.74, 6) is 0.173. The van der Waals surface area contributed by atoms with E-state index in [9.17, 15) is 4.79 Å². The van der Waals surface area contributed by atoms with Gasteiger partial charge in [0.2, 0.25) is 0 Å². The van der Waals surface area contributed by atoms with E-state index >= 15 is 0 Å². The summed E-state index contributed by atoms with van der Waals surface area (Å²) in [6.45, 7) is 1.78. The second kappa shape index (κ2) is 6.89. The Morgan fingerprint density at radius 3 is 3.06 bits per heavy atom. The van der Waals surface area contributed by atoms with E-state index in [0.717, 1.165) is 6.42 Å². The first-order valence-corrected chi connectivity index (χ1v) is 5.31. The van der Waals surface area contributed by atoms with Gasteiger partial charge in [0, 0.05) is 19.6 Å². The molecule has 0 aliphatic carbocycles. The van der Waals surface area contributed by atoms with Crippen molar-refractivity contribution in [2.24, 2.45) is 10.9 Å². The Morgan fingerprint density at radius 1 is 1.62 bits per heavy atom. The Morgan fingerprint density at radius 2 is 2.44 bits per heavy atom. The zero-order valence-electron chi connectivity index (χ0n) is 9.11. The van der Waals surface area contributed by atoms with Crippen molar-refractivity contribution in [1.29, 1.82) is 0 Å². The largest absolute Gasteiger partial charge is 0.409 e. The van der Waals surface area contributed by atoms with Crippen LogP contribution in [0.15, 0.2) is 5.16 Å². The van der Waals surface area contributed by atoms with E-state index in [1.54, 1.807) is 0 Å². The van der Waals surface area contributed by atoms with Crippen LogP contribution in [0.1, 0.15) is 19.3 Å². The summed E-state index contributed by atoms with van der Waals surface area (Å²) < 4.78 is 5.13. The zero-order valence-corrected chi connectivity index (χ0v) is 9.11. The number of nitrogens with one attached hydrogen (secondary N) is 2. The van der Waals surface area contributed by atoms with Crippen LogP contribution in [-0.4, -0.2) is 42.9 Å². The third-order valence-electron chi connectivity index (χ3n) is 2.29. The number of hydrogen-bond acceptors (Lipinski definition) is 4. The first-order chi connectivity index (χ1) is 7.72. The first kappa shape index (κ1) is 12.6. The number of hydrogen-bond donors (Lipinski definition) is 4. The van der Waals surface area contributed by atoms with Crippen LogP contribution in [0.4, 0.5) is 4.79 Å². The maximum atomic E-state index is 11.3. The van der Waals surface area contributed by atoms with Gasteiger partial charge in [-0.1, -0.05) is 5.16 Å². The van der Waals surface area contributed by atoms with Gasteiger partial charge in [-0.05, 0) is 12.8 Å². The first-order valence-electron chi connectivity index (χ1n) is 5.31. The molecule has 0 saturated carbocycles. The van der Waals surface area contributed by atoms with Gasteiger partial charge in [-0.15, -0.1) is 0 Å². The van der Waals surface area contributed by atoms with Crippen LogP contribution in [0.3, 0.4) is 0 Å². The normalized spacial score (nSPS) is 20.8. The predicted molar refractivity (Wildman–Crippen MR) is 58.4 cm³/mol. The molecule has 2 amide bonds. The van der Waals surface area contributed by atoms with Gasteiger partial charge in [-0.25, -0.2) is 4.79 Å². The Labute approximate surface area is 94.0 Å². The smallest absolute Gasteiger partial charge is 0.315 e. The highest BCUT2D eigenvalue weighted by Gasteiger charge is 2.17. The fourth-order valence-electron chi connectivity index (χ4n) is 1.41. The lowest BCUT2D eigenvalue weighted by Crippen LogP contribution is -2.42. The molecule has 16 heavy (non-hydrogen) atoms. The van der Waals surface area contributed by atoms with E-state index < -0.39 is 0 Å². The molecule has 7 heteroatoms. The van der Waals surface area contributed by atoms with Gasteiger partial charge in [0.1, 0.15) is 5.84 Å². The highest BCUT2D eigenvalue weighted by Crippen LogP contribution is 2.02. The van der Waals surface area contributed by atoms with E-state index in [0.29, 0.717) is 32.6 Å². The molecule has 1 heterocycles. The minimum Gasteiger partial charge on any atom is -0.409 e. The number of amidine groups is 1. The van der Waals surface area contributed by atoms with Crippen LogP contribution in [0, 0.1) is 0 Å². The van der Waals surface area contributed by atoms with Gasteiger partial charge >= 0.3 is 6.03 Å². The standard InChI is InChI=1S/C9H18N4O3/c10-8(13-15)2-1-4-11-9(14)12-7-3-5-16-6-7/h7,15H,1-6H2,(H2,10,13)(H2,11,12,14). The molecule has 1 aliphatic heterocycles. The Kier molecular flexibility index (Phi) is 5.41. The van der Waals surface area contributed by atoms with Crippen LogP contribution >= 0.6 is 0 Å². The number of oxime groups is 1. The lowest BCUT2D eigenvalue weighted by atomic mass is 10.3. The van der Waals surface area contributed by atoms with E-state index in [1.807, 2.05) is 0 Å². The average Bonchev–Trinajstić information content (AvgIpc) is 2.76. The summed E-state index contributed by atoms with van der Waals surface area (Å²) in [5.41, 5.74) is 5.28. The molecular formula is C9H18N4O3. The molecule has 0 bridgehead atoms. The number of carbonyl (C=O) groups excluding carboxylic acids is 1. The van der Waals surface area contributed by atoms with Crippen molar-refractivity contribution in [3.63, 3.8) is 0 Å². The molecule has 1 fully saturated rings. The van der Waals surface area contributed by atoms with Crippen molar-refractivity contribution in [3.05, 3.63) is 0 Å². The van der Waals surface area contributed by atoms with Crippen molar-refractivity contribution in [1.82, 2.24) is 10.6 Å². The van der Waals surface area contributed by atoms with E-state index in [-0.39, 0.29) is 17.9 Å². The molecule has 0 aromatic rings. The Balaban J connectivity index is 2.01. The molecule has 1 aliphatic rings. The second-order valence-electron chi connectivity index (χ2n) is 3.66. The minimum atomic E-state index is -0.199. The molecule has 1 atom stereocenters. The second-order valence-corrected chi connectivity index (χ2v) is 3.66. The fraction of sp³-hybridized carbons (Fsp3) is 0.778. The quantitative estimate of drug-likeness (QED) is 0.169. The van der Waals surface area contributed by atoms with Crippen molar-refractivity contribution in [3.8, 4) is 0 Å². The molecule has 0 radical (unpaired) electrons. The van der Waals surface area contributed by atoms with Crippen LogP contribution in [0.25, 0.3) is 0 Å². The van der Waals surface area contributed by atoms with E-state index in [1.165, 1.54) is 0 Å². The highest BCUT2D eigenvalue weighted by molar-refractivity contribution is 5.79. The fourth-order valence-corrected chi connectivity index (χ4v) is 1.41. The molecular weight excluding hydrogens is 212 g/mol. The Bertz CT molecular complexity index is 251.